The minimum absolute atomic E-state index is 0.0296. The molecule has 6 nitrogen and oxygen atoms in total. The van der Waals surface area contributed by atoms with Crippen LogP contribution < -0.4 is 16.6 Å². The summed E-state index contributed by atoms with van der Waals surface area (Å²) >= 11 is 0. The number of carbonyl (C=O) groups excluding carboxylic acids is 1. The molecule has 0 aliphatic rings. The van der Waals surface area contributed by atoms with E-state index in [1.165, 1.54) is 6.07 Å². The number of nitrogens with one attached hydrogen (secondary N) is 2. The Morgan fingerprint density at radius 1 is 1.05 bits per heavy atom. The van der Waals surface area contributed by atoms with Gasteiger partial charge in [-0.25, -0.2) is 23.4 Å². The van der Waals surface area contributed by atoms with Crippen LogP contribution in [-0.4, -0.2) is 16.1 Å². The van der Waals surface area contributed by atoms with Gasteiger partial charge < -0.3 is 10.7 Å². The Hall–Kier alpha value is -2.75. The first-order valence-corrected chi connectivity index (χ1v) is 5.38. The largest absolute Gasteiger partial charge is 0.315 e. The fraction of sp³-hybridized carbons (Fsp3) is 0. The molecule has 0 aliphatic heterocycles. The number of nitrogens with two attached hydrogens (primary N) is 1. The van der Waals surface area contributed by atoms with Crippen LogP contribution in [0.5, 0.6) is 0 Å². The third kappa shape index (κ3) is 2.89. The van der Waals surface area contributed by atoms with Crippen molar-refractivity contribution >= 4 is 17.4 Å². The number of nitrogens with zero attached hydrogens (tertiary/aromatic N) is 2. The molecular weight excluding hydrogens is 294 g/mol. The number of benzene rings is 1. The molecule has 0 fully saturated rings. The minimum atomic E-state index is -1.73. The van der Waals surface area contributed by atoms with Crippen LogP contribution in [0.25, 0.3) is 0 Å². The molecule has 2 rings (SSSR count). The molecule has 0 aliphatic carbocycles. The number of carbonyl (C=O) groups is 1. The second kappa shape index (κ2) is 5.71. The second-order valence-electron chi connectivity index (χ2n) is 3.75. The summed E-state index contributed by atoms with van der Waals surface area (Å²) in [5.74, 6) is -2.66. The van der Waals surface area contributed by atoms with Crippen LogP contribution in [0.2, 0.25) is 0 Å². The summed E-state index contributed by atoms with van der Waals surface area (Å²) in [6.07, 6.45) is 0. The number of hydrogen-bond acceptors (Lipinski definition) is 5. The summed E-state index contributed by atoms with van der Waals surface area (Å²) in [7, 11) is 0. The average molecular weight is 301 g/mol. The maximum Gasteiger partial charge on any atom is 0.276 e. The number of nitrogen functional groups attached to an aromatic ring is 1. The van der Waals surface area contributed by atoms with Crippen molar-refractivity contribution in [3.05, 3.63) is 47.2 Å². The number of aromatic nitrogens is 2. The van der Waals surface area contributed by atoms with Crippen molar-refractivity contribution in [3.8, 4) is 0 Å². The first-order valence-electron chi connectivity index (χ1n) is 5.38. The van der Waals surface area contributed by atoms with E-state index in [1.54, 1.807) is 5.32 Å². The molecule has 1 aromatic carbocycles. The van der Waals surface area contributed by atoms with Crippen LogP contribution in [0.15, 0.2) is 18.2 Å². The van der Waals surface area contributed by atoms with Gasteiger partial charge >= 0.3 is 0 Å². The smallest absolute Gasteiger partial charge is 0.276 e. The number of anilines is 2. The van der Waals surface area contributed by atoms with Gasteiger partial charge in [-0.15, -0.1) is 10.2 Å². The lowest BCUT2D eigenvalue weighted by Gasteiger charge is -2.08. The molecule has 0 bridgehead atoms. The van der Waals surface area contributed by atoms with Gasteiger partial charge in [-0.3, -0.25) is 4.79 Å². The molecule has 2 aromatic rings. The van der Waals surface area contributed by atoms with Crippen molar-refractivity contribution in [2.24, 2.45) is 5.84 Å². The van der Waals surface area contributed by atoms with Crippen molar-refractivity contribution in [1.82, 2.24) is 10.2 Å². The summed E-state index contributed by atoms with van der Waals surface area (Å²) in [6.45, 7) is 0. The van der Waals surface area contributed by atoms with Crippen LogP contribution in [0.3, 0.4) is 0 Å². The number of rotatable bonds is 3. The molecule has 1 amide bonds. The summed E-state index contributed by atoms with van der Waals surface area (Å²) in [5, 5.41) is 8.56. The van der Waals surface area contributed by atoms with Gasteiger partial charge in [0, 0.05) is 6.07 Å². The standard InChI is InChI=1S/C11H7F4N5O/c12-4-3-5(13)9(15)10(8(4)14)17-11(21)6-1-2-7(18-16)20-19-6/h1-3H,16H2,(H,17,21)(H,18,20). The van der Waals surface area contributed by atoms with E-state index in [1.807, 2.05) is 0 Å². The van der Waals surface area contributed by atoms with Gasteiger partial charge in [0.2, 0.25) is 0 Å². The number of amides is 1. The second-order valence-corrected chi connectivity index (χ2v) is 3.75. The molecule has 0 atom stereocenters. The van der Waals surface area contributed by atoms with E-state index in [2.05, 4.69) is 15.6 Å². The van der Waals surface area contributed by atoms with Crippen molar-refractivity contribution in [2.45, 2.75) is 0 Å². The highest BCUT2D eigenvalue weighted by molar-refractivity contribution is 6.02. The zero-order valence-corrected chi connectivity index (χ0v) is 10.1. The van der Waals surface area contributed by atoms with Crippen LogP contribution in [-0.2, 0) is 0 Å². The van der Waals surface area contributed by atoms with Gasteiger partial charge in [-0.1, -0.05) is 0 Å². The summed E-state index contributed by atoms with van der Waals surface area (Å²) < 4.78 is 52.7. The Kier molecular flexibility index (Phi) is 3.98. The quantitative estimate of drug-likeness (QED) is 0.346. The molecule has 0 saturated heterocycles. The Morgan fingerprint density at radius 2 is 1.67 bits per heavy atom. The Labute approximate surface area is 114 Å². The summed E-state index contributed by atoms with van der Waals surface area (Å²) in [4.78, 5) is 11.7. The zero-order chi connectivity index (χ0) is 15.6. The molecule has 0 unspecified atom stereocenters. The molecule has 21 heavy (non-hydrogen) atoms. The molecule has 0 spiro atoms. The van der Waals surface area contributed by atoms with Gasteiger partial charge in [0.25, 0.3) is 5.91 Å². The van der Waals surface area contributed by atoms with Gasteiger partial charge in [-0.05, 0) is 12.1 Å². The molecule has 1 aromatic heterocycles. The third-order valence-corrected chi connectivity index (χ3v) is 2.40. The lowest BCUT2D eigenvalue weighted by atomic mass is 10.2. The summed E-state index contributed by atoms with van der Waals surface area (Å²) in [5.41, 5.74) is 0.566. The van der Waals surface area contributed by atoms with E-state index in [9.17, 15) is 22.4 Å². The van der Waals surface area contributed by atoms with Crippen molar-refractivity contribution in [2.75, 3.05) is 10.7 Å². The number of hydrogen-bond donors (Lipinski definition) is 3. The molecule has 0 radical (unpaired) electrons. The van der Waals surface area contributed by atoms with Crippen molar-refractivity contribution < 1.29 is 22.4 Å². The van der Waals surface area contributed by atoms with Crippen LogP contribution in [0.1, 0.15) is 10.5 Å². The van der Waals surface area contributed by atoms with Crippen molar-refractivity contribution in [3.63, 3.8) is 0 Å². The zero-order valence-electron chi connectivity index (χ0n) is 10.1. The average Bonchev–Trinajstić information content (AvgIpc) is 2.49. The van der Waals surface area contributed by atoms with E-state index < -0.39 is 34.9 Å². The molecule has 110 valence electrons. The highest BCUT2D eigenvalue weighted by Gasteiger charge is 2.21. The van der Waals surface area contributed by atoms with Crippen LogP contribution >= 0.6 is 0 Å². The molecular formula is C11H7F4N5O. The van der Waals surface area contributed by atoms with E-state index in [4.69, 9.17) is 5.84 Å². The van der Waals surface area contributed by atoms with Crippen LogP contribution in [0, 0.1) is 23.3 Å². The Bertz CT molecular complexity index is 666. The fourth-order valence-electron chi connectivity index (χ4n) is 1.39. The van der Waals surface area contributed by atoms with E-state index >= 15 is 0 Å². The maximum atomic E-state index is 13.4. The molecule has 0 saturated carbocycles. The van der Waals surface area contributed by atoms with Gasteiger partial charge in [0.05, 0.1) is 0 Å². The predicted molar refractivity (Wildman–Crippen MR) is 64.1 cm³/mol. The van der Waals surface area contributed by atoms with Gasteiger partial charge in [0.15, 0.2) is 34.8 Å². The third-order valence-electron chi connectivity index (χ3n) is 2.40. The van der Waals surface area contributed by atoms with E-state index in [-0.39, 0.29) is 17.6 Å². The van der Waals surface area contributed by atoms with E-state index in [0.29, 0.717) is 0 Å². The Balaban J connectivity index is 2.31. The molecule has 4 N–H and O–H groups in total. The first kappa shape index (κ1) is 14.7. The number of halogens is 4. The minimum Gasteiger partial charge on any atom is -0.315 e. The lowest BCUT2D eigenvalue weighted by Crippen LogP contribution is -2.18. The first-order chi connectivity index (χ1) is 9.93. The molecule has 1 heterocycles. The highest BCUT2D eigenvalue weighted by Crippen LogP contribution is 2.24. The van der Waals surface area contributed by atoms with E-state index in [0.717, 1.165) is 6.07 Å². The fourth-order valence-corrected chi connectivity index (χ4v) is 1.39. The monoisotopic (exact) mass is 301 g/mol. The normalized spacial score (nSPS) is 10.3. The summed E-state index contributed by atoms with van der Waals surface area (Å²) in [6, 6.07) is 2.44. The lowest BCUT2D eigenvalue weighted by molar-refractivity contribution is 0.102. The van der Waals surface area contributed by atoms with Crippen LogP contribution in [0.4, 0.5) is 29.1 Å². The highest BCUT2D eigenvalue weighted by atomic mass is 19.2. The topological polar surface area (TPSA) is 92.9 Å². The van der Waals surface area contributed by atoms with Gasteiger partial charge in [-0.2, -0.15) is 0 Å². The molecule has 10 heteroatoms. The van der Waals surface area contributed by atoms with Gasteiger partial charge in [0.1, 0.15) is 5.69 Å². The number of hydrazine groups is 1. The van der Waals surface area contributed by atoms with Crippen molar-refractivity contribution in [1.29, 1.82) is 0 Å². The SMILES string of the molecule is NNc1ccc(C(=O)Nc2c(F)c(F)cc(F)c2F)nn1. The predicted octanol–water partition coefficient (Wildman–Crippen LogP) is 1.57. The Morgan fingerprint density at radius 3 is 2.14 bits per heavy atom. The maximum absolute atomic E-state index is 13.4.